The molecule has 0 aliphatic rings. The molecule has 1 N–H and O–H groups in total. The number of amides is 1. The van der Waals surface area contributed by atoms with Crippen LogP contribution in [0.3, 0.4) is 0 Å². The van der Waals surface area contributed by atoms with Gasteiger partial charge in [-0.1, -0.05) is 30.3 Å². The van der Waals surface area contributed by atoms with Gasteiger partial charge in [-0.25, -0.2) is 9.67 Å². The Hall–Kier alpha value is -3.10. The van der Waals surface area contributed by atoms with E-state index in [9.17, 15) is 4.79 Å². The molecule has 23 heavy (non-hydrogen) atoms. The average molecular weight is 312 g/mol. The van der Waals surface area contributed by atoms with Crippen molar-refractivity contribution in [3.05, 3.63) is 54.9 Å². The van der Waals surface area contributed by atoms with Crippen molar-refractivity contribution in [1.29, 1.82) is 0 Å². The molecule has 1 atom stereocenters. The minimum absolute atomic E-state index is 0.138. The highest BCUT2D eigenvalue weighted by Crippen LogP contribution is 2.13. The normalized spacial score (nSPS) is 12.0. The van der Waals surface area contributed by atoms with E-state index in [1.807, 2.05) is 30.3 Å². The number of rotatable bonds is 7. The van der Waals surface area contributed by atoms with E-state index in [0.717, 1.165) is 5.56 Å². The van der Waals surface area contributed by atoms with Gasteiger partial charge in [0.1, 0.15) is 25.0 Å². The topological polar surface area (TPSA) is 103 Å². The summed E-state index contributed by atoms with van der Waals surface area (Å²) in [5.41, 5.74) is 1.04. The predicted octanol–water partition coefficient (Wildman–Crippen LogP) is -0.135. The van der Waals surface area contributed by atoms with Crippen LogP contribution in [0.2, 0.25) is 0 Å². The fourth-order valence-electron chi connectivity index (χ4n) is 2.21. The second kappa shape index (κ2) is 7.25. The van der Waals surface area contributed by atoms with Gasteiger partial charge in [-0.3, -0.25) is 9.48 Å². The number of carbonyl (C=O) groups excluding carboxylic acids is 1. The molecule has 9 nitrogen and oxygen atoms in total. The first-order valence-corrected chi connectivity index (χ1v) is 7.19. The average Bonchev–Trinajstić information content (AvgIpc) is 3.27. The molecule has 118 valence electrons. The molecular formula is C14H16N8O. The Kier molecular flexibility index (Phi) is 4.67. The summed E-state index contributed by atoms with van der Waals surface area (Å²) in [6.07, 6.45) is 5.03. The van der Waals surface area contributed by atoms with Crippen LogP contribution in [0.15, 0.2) is 49.3 Å². The van der Waals surface area contributed by atoms with E-state index < -0.39 is 6.04 Å². The summed E-state index contributed by atoms with van der Waals surface area (Å²) < 4.78 is 3.13. The van der Waals surface area contributed by atoms with Gasteiger partial charge < -0.3 is 5.32 Å². The molecule has 0 aliphatic carbocycles. The predicted molar refractivity (Wildman–Crippen MR) is 80.0 cm³/mol. The van der Waals surface area contributed by atoms with Crippen molar-refractivity contribution in [3.8, 4) is 0 Å². The zero-order valence-corrected chi connectivity index (χ0v) is 12.4. The van der Waals surface area contributed by atoms with Gasteiger partial charge in [0.2, 0.25) is 5.91 Å². The Morgan fingerprint density at radius 3 is 2.78 bits per heavy atom. The first-order valence-electron chi connectivity index (χ1n) is 7.19. The quantitative estimate of drug-likeness (QED) is 0.651. The van der Waals surface area contributed by atoms with Crippen LogP contribution in [0.25, 0.3) is 0 Å². The molecule has 2 heterocycles. The van der Waals surface area contributed by atoms with Crippen LogP contribution in [0.1, 0.15) is 11.6 Å². The van der Waals surface area contributed by atoms with Crippen LogP contribution in [-0.2, 0) is 17.8 Å². The Labute approximate surface area is 132 Å². The molecule has 3 rings (SSSR count). The lowest BCUT2D eigenvalue weighted by Crippen LogP contribution is -2.36. The number of aromatic nitrogens is 7. The van der Waals surface area contributed by atoms with Crippen molar-refractivity contribution in [1.82, 2.24) is 40.3 Å². The molecule has 1 aromatic carbocycles. The third-order valence-corrected chi connectivity index (χ3v) is 3.37. The van der Waals surface area contributed by atoms with Crippen molar-refractivity contribution in [2.75, 3.05) is 6.54 Å². The molecule has 0 bridgehead atoms. The molecule has 0 radical (unpaired) electrons. The van der Waals surface area contributed by atoms with Crippen molar-refractivity contribution in [2.45, 2.75) is 19.0 Å². The standard InChI is InChI=1S/C14H16N8O/c23-14(16-6-7-21-10-15-9-18-21)13(22-11-17-19-20-22)8-12-4-2-1-3-5-12/h1-5,9-11,13H,6-8H2,(H,16,23)/t13-/m0/s1. The smallest absolute Gasteiger partial charge is 0.245 e. The van der Waals surface area contributed by atoms with Gasteiger partial charge in [0.15, 0.2) is 0 Å². The van der Waals surface area contributed by atoms with Gasteiger partial charge >= 0.3 is 0 Å². The fourth-order valence-corrected chi connectivity index (χ4v) is 2.21. The number of nitrogens with zero attached hydrogens (tertiary/aromatic N) is 7. The minimum Gasteiger partial charge on any atom is -0.352 e. The van der Waals surface area contributed by atoms with E-state index in [4.69, 9.17) is 0 Å². The molecule has 0 aliphatic heterocycles. The molecule has 9 heteroatoms. The van der Waals surface area contributed by atoms with Crippen molar-refractivity contribution >= 4 is 5.91 Å². The summed E-state index contributed by atoms with van der Waals surface area (Å²) >= 11 is 0. The van der Waals surface area contributed by atoms with Crippen molar-refractivity contribution in [2.24, 2.45) is 0 Å². The largest absolute Gasteiger partial charge is 0.352 e. The first-order chi connectivity index (χ1) is 11.3. The number of hydrogen-bond acceptors (Lipinski definition) is 6. The highest BCUT2D eigenvalue weighted by molar-refractivity contribution is 5.80. The molecule has 0 fully saturated rings. The van der Waals surface area contributed by atoms with E-state index >= 15 is 0 Å². The molecule has 0 saturated heterocycles. The SMILES string of the molecule is O=C(NCCn1cncn1)[C@H](Cc1ccccc1)n1cnnn1. The lowest BCUT2D eigenvalue weighted by molar-refractivity contribution is -0.124. The second-order valence-electron chi connectivity index (χ2n) is 4.94. The molecule has 0 saturated carbocycles. The van der Waals surface area contributed by atoms with Gasteiger partial charge in [0.05, 0.1) is 6.54 Å². The van der Waals surface area contributed by atoms with Gasteiger partial charge in [-0.2, -0.15) is 5.10 Å². The molecule has 0 spiro atoms. The van der Waals surface area contributed by atoms with Crippen LogP contribution in [-0.4, -0.2) is 47.4 Å². The first kappa shape index (κ1) is 14.8. The van der Waals surface area contributed by atoms with E-state index in [1.54, 1.807) is 11.0 Å². The maximum absolute atomic E-state index is 12.5. The molecular weight excluding hydrogens is 296 g/mol. The van der Waals surface area contributed by atoms with Crippen LogP contribution in [0, 0.1) is 0 Å². The molecule has 2 aromatic heterocycles. The lowest BCUT2D eigenvalue weighted by atomic mass is 10.1. The van der Waals surface area contributed by atoms with Gasteiger partial charge in [0, 0.05) is 13.0 Å². The summed E-state index contributed by atoms with van der Waals surface area (Å²) in [5.74, 6) is -0.138. The summed E-state index contributed by atoms with van der Waals surface area (Å²) in [6, 6.07) is 9.26. The van der Waals surface area contributed by atoms with E-state index in [-0.39, 0.29) is 5.91 Å². The summed E-state index contributed by atoms with van der Waals surface area (Å²) in [7, 11) is 0. The highest BCUT2D eigenvalue weighted by atomic mass is 16.2. The number of nitrogens with one attached hydrogen (secondary N) is 1. The molecule has 1 amide bonds. The Balaban J connectivity index is 1.64. The number of benzene rings is 1. The van der Waals surface area contributed by atoms with Gasteiger partial charge in [-0.15, -0.1) is 5.10 Å². The highest BCUT2D eigenvalue weighted by Gasteiger charge is 2.21. The van der Waals surface area contributed by atoms with Crippen LogP contribution < -0.4 is 5.32 Å². The molecule has 3 aromatic rings. The number of tetrazole rings is 1. The monoisotopic (exact) mass is 312 g/mol. The molecule has 0 unspecified atom stereocenters. The number of hydrogen-bond donors (Lipinski definition) is 1. The number of carbonyl (C=O) groups is 1. The Bertz CT molecular complexity index is 711. The van der Waals surface area contributed by atoms with E-state index in [0.29, 0.717) is 19.5 Å². The lowest BCUT2D eigenvalue weighted by Gasteiger charge is -2.16. The Morgan fingerprint density at radius 2 is 2.09 bits per heavy atom. The van der Waals surface area contributed by atoms with Crippen molar-refractivity contribution in [3.63, 3.8) is 0 Å². The maximum Gasteiger partial charge on any atom is 0.245 e. The zero-order chi connectivity index (χ0) is 15.9. The second-order valence-corrected chi connectivity index (χ2v) is 4.94. The zero-order valence-electron chi connectivity index (χ0n) is 12.4. The summed E-state index contributed by atoms with van der Waals surface area (Å²) in [5, 5.41) is 18.0. The van der Waals surface area contributed by atoms with Crippen LogP contribution in [0.5, 0.6) is 0 Å². The third-order valence-electron chi connectivity index (χ3n) is 3.37. The van der Waals surface area contributed by atoms with Crippen LogP contribution >= 0.6 is 0 Å². The van der Waals surface area contributed by atoms with Gasteiger partial charge in [0.25, 0.3) is 0 Å². The van der Waals surface area contributed by atoms with Gasteiger partial charge in [-0.05, 0) is 16.0 Å². The fraction of sp³-hybridized carbons (Fsp3) is 0.286. The van der Waals surface area contributed by atoms with Crippen molar-refractivity contribution < 1.29 is 4.79 Å². The third kappa shape index (κ3) is 3.96. The summed E-state index contributed by atoms with van der Waals surface area (Å²) in [4.78, 5) is 16.4. The summed E-state index contributed by atoms with van der Waals surface area (Å²) in [6.45, 7) is 1.01. The van der Waals surface area contributed by atoms with Crippen LogP contribution in [0.4, 0.5) is 0 Å². The van der Waals surface area contributed by atoms with E-state index in [1.165, 1.54) is 17.3 Å². The maximum atomic E-state index is 12.5. The minimum atomic E-state index is -0.497. The van der Waals surface area contributed by atoms with E-state index in [2.05, 4.69) is 30.9 Å². The Morgan fingerprint density at radius 1 is 1.22 bits per heavy atom.